The molecule has 3 heterocycles. The van der Waals surface area contributed by atoms with Gasteiger partial charge in [-0.25, -0.2) is 9.97 Å². The lowest BCUT2D eigenvalue weighted by atomic mass is 10.4. The molecule has 0 atom stereocenters. The molecule has 0 spiro atoms. The van der Waals surface area contributed by atoms with E-state index in [2.05, 4.69) is 19.4 Å². The van der Waals surface area contributed by atoms with Crippen LogP contribution in [0.4, 0.5) is 0 Å². The maximum absolute atomic E-state index is 8.08. The van der Waals surface area contributed by atoms with E-state index in [0.717, 1.165) is 11.2 Å². The number of aromatic nitrogens is 3. The predicted molar refractivity (Wildman–Crippen MR) is 57.3 cm³/mol. The van der Waals surface area contributed by atoms with Crippen LogP contribution < -0.4 is 0 Å². The molecule has 0 aromatic carbocycles. The number of furan rings is 1. The Morgan fingerprint density at radius 3 is 2.81 bits per heavy atom. The van der Waals surface area contributed by atoms with Gasteiger partial charge in [0.2, 0.25) is 5.76 Å². The molecular formula is C11H8N4O. The van der Waals surface area contributed by atoms with Gasteiger partial charge in [-0.2, -0.15) is 5.26 Å². The van der Waals surface area contributed by atoms with Gasteiger partial charge in [0.05, 0.1) is 18.1 Å². The number of nitrogens with one attached hydrogen (secondary N) is 1. The third kappa shape index (κ3) is 2.25. The van der Waals surface area contributed by atoms with Crippen LogP contribution in [0.5, 0.6) is 0 Å². The fourth-order valence-corrected chi connectivity index (χ4v) is 1.12. The first-order chi connectivity index (χ1) is 7.90. The normalized spacial score (nSPS) is 9.19. The first-order valence-electron chi connectivity index (χ1n) is 4.58. The molecule has 0 aliphatic rings. The van der Waals surface area contributed by atoms with E-state index >= 15 is 0 Å². The van der Waals surface area contributed by atoms with Crippen LogP contribution in [0, 0.1) is 11.3 Å². The van der Waals surface area contributed by atoms with Crippen molar-refractivity contribution in [1.82, 2.24) is 15.0 Å². The number of nitriles is 1. The summed E-state index contributed by atoms with van der Waals surface area (Å²) in [4.78, 5) is 10.9. The molecule has 0 amide bonds. The van der Waals surface area contributed by atoms with E-state index in [1.807, 2.05) is 18.2 Å². The Balaban J connectivity index is 0.000000125. The molecule has 3 aromatic heterocycles. The number of hydrogen-bond donors (Lipinski definition) is 1. The van der Waals surface area contributed by atoms with Crippen molar-refractivity contribution >= 4 is 11.2 Å². The quantitative estimate of drug-likeness (QED) is 0.619. The summed E-state index contributed by atoms with van der Waals surface area (Å²) < 4.78 is 4.62. The molecule has 5 nitrogen and oxygen atoms in total. The zero-order valence-corrected chi connectivity index (χ0v) is 8.29. The lowest BCUT2D eigenvalue weighted by Crippen LogP contribution is -1.71. The Morgan fingerprint density at radius 1 is 1.25 bits per heavy atom. The van der Waals surface area contributed by atoms with Crippen molar-refractivity contribution in [2.24, 2.45) is 0 Å². The average molecular weight is 212 g/mol. The number of imidazole rings is 1. The highest BCUT2D eigenvalue weighted by molar-refractivity contribution is 5.68. The van der Waals surface area contributed by atoms with Crippen LogP contribution in [0.3, 0.4) is 0 Å². The number of H-pyrrole nitrogens is 1. The van der Waals surface area contributed by atoms with Crippen molar-refractivity contribution < 1.29 is 4.42 Å². The molecule has 0 fully saturated rings. The first kappa shape index (κ1) is 9.93. The van der Waals surface area contributed by atoms with Crippen molar-refractivity contribution in [3.63, 3.8) is 0 Å². The summed E-state index contributed by atoms with van der Waals surface area (Å²) in [5, 5.41) is 8.08. The molecule has 0 bridgehead atoms. The highest BCUT2D eigenvalue weighted by Crippen LogP contribution is 2.01. The zero-order chi connectivity index (χ0) is 11.2. The standard InChI is InChI=1S/C6H5N3.C5H3NO/c1-2-5-6(7-3-1)9-4-8-5;6-4-5-2-1-3-7-5/h1-4H,(H,7,8,9);1-3H. The number of aromatic amines is 1. The van der Waals surface area contributed by atoms with Gasteiger partial charge in [-0.3, -0.25) is 0 Å². The molecule has 0 aliphatic carbocycles. The monoisotopic (exact) mass is 212 g/mol. The zero-order valence-electron chi connectivity index (χ0n) is 8.29. The number of nitrogens with zero attached hydrogens (tertiary/aromatic N) is 3. The van der Waals surface area contributed by atoms with E-state index in [-0.39, 0.29) is 0 Å². The Bertz CT molecular complexity index is 562. The van der Waals surface area contributed by atoms with Crippen molar-refractivity contribution in [1.29, 1.82) is 5.26 Å². The van der Waals surface area contributed by atoms with Crippen LogP contribution >= 0.6 is 0 Å². The van der Waals surface area contributed by atoms with Gasteiger partial charge >= 0.3 is 0 Å². The van der Waals surface area contributed by atoms with Gasteiger partial charge in [0.25, 0.3) is 0 Å². The second-order valence-electron chi connectivity index (χ2n) is 2.87. The van der Waals surface area contributed by atoms with E-state index in [1.165, 1.54) is 6.26 Å². The minimum Gasteiger partial charge on any atom is -0.454 e. The molecule has 16 heavy (non-hydrogen) atoms. The van der Waals surface area contributed by atoms with Gasteiger partial charge in [0.15, 0.2) is 5.65 Å². The number of pyridine rings is 1. The van der Waals surface area contributed by atoms with Crippen LogP contribution in [-0.4, -0.2) is 15.0 Å². The molecule has 0 unspecified atom stereocenters. The molecule has 3 aromatic rings. The van der Waals surface area contributed by atoms with E-state index in [1.54, 1.807) is 24.7 Å². The van der Waals surface area contributed by atoms with Gasteiger partial charge < -0.3 is 9.40 Å². The van der Waals surface area contributed by atoms with E-state index in [9.17, 15) is 0 Å². The number of rotatable bonds is 0. The Kier molecular flexibility index (Phi) is 2.95. The van der Waals surface area contributed by atoms with Gasteiger partial charge in [0, 0.05) is 6.20 Å². The summed E-state index contributed by atoms with van der Waals surface area (Å²) in [6.45, 7) is 0. The highest BCUT2D eigenvalue weighted by atomic mass is 16.3. The number of fused-ring (bicyclic) bond motifs is 1. The van der Waals surface area contributed by atoms with E-state index < -0.39 is 0 Å². The van der Waals surface area contributed by atoms with Crippen LogP contribution in [-0.2, 0) is 0 Å². The molecule has 0 saturated heterocycles. The van der Waals surface area contributed by atoms with E-state index in [0.29, 0.717) is 5.76 Å². The topological polar surface area (TPSA) is 78.5 Å². The molecule has 1 N–H and O–H groups in total. The van der Waals surface area contributed by atoms with Crippen molar-refractivity contribution in [2.45, 2.75) is 0 Å². The molecule has 0 radical (unpaired) electrons. The summed E-state index contributed by atoms with van der Waals surface area (Å²) in [6, 6.07) is 8.95. The highest BCUT2D eigenvalue weighted by Gasteiger charge is 1.90. The van der Waals surface area contributed by atoms with Gasteiger partial charge in [0.1, 0.15) is 6.07 Å². The first-order valence-corrected chi connectivity index (χ1v) is 4.58. The average Bonchev–Trinajstić information content (AvgIpc) is 3.01. The van der Waals surface area contributed by atoms with Gasteiger partial charge in [-0.1, -0.05) is 0 Å². The summed E-state index contributed by atoms with van der Waals surface area (Å²) in [5.41, 5.74) is 1.76. The van der Waals surface area contributed by atoms with Crippen molar-refractivity contribution in [3.05, 3.63) is 48.8 Å². The molecule has 0 saturated carbocycles. The third-order valence-electron chi connectivity index (χ3n) is 1.82. The van der Waals surface area contributed by atoms with Gasteiger partial charge in [-0.05, 0) is 24.3 Å². The summed E-state index contributed by atoms with van der Waals surface area (Å²) >= 11 is 0. The lowest BCUT2D eigenvalue weighted by Gasteiger charge is -1.80. The smallest absolute Gasteiger partial charge is 0.203 e. The van der Waals surface area contributed by atoms with Crippen LogP contribution in [0.2, 0.25) is 0 Å². The maximum atomic E-state index is 8.08. The fourth-order valence-electron chi connectivity index (χ4n) is 1.12. The maximum Gasteiger partial charge on any atom is 0.203 e. The lowest BCUT2D eigenvalue weighted by molar-refractivity contribution is 0.553. The Hall–Kier alpha value is -2.61. The molecule has 5 heteroatoms. The summed E-state index contributed by atoms with van der Waals surface area (Å²) in [6.07, 6.45) is 4.83. The van der Waals surface area contributed by atoms with Crippen molar-refractivity contribution in [3.8, 4) is 6.07 Å². The molecule has 0 aliphatic heterocycles. The van der Waals surface area contributed by atoms with E-state index in [4.69, 9.17) is 5.26 Å². The molecule has 78 valence electrons. The SMILES string of the molecule is N#Cc1ccco1.c1cnc2nc[nH]c2c1. The summed E-state index contributed by atoms with van der Waals surface area (Å²) in [7, 11) is 0. The minimum atomic E-state index is 0.361. The molecule has 3 rings (SSSR count). The minimum absolute atomic E-state index is 0.361. The van der Waals surface area contributed by atoms with Crippen LogP contribution in [0.1, 0.15) is 5.76 Å². The van der Waals surface area contributed by atoms with Crippen LogP contribution in [0.25, 0.3) is 11.2 Å². The summed E-state index contributed by atoms with van der Waals surface area (Å²) in [5.74, 6) is 0.361. The Morgan fingerprint density at radius 2 is 2.19 bits per heavy atom. The second kappa shape index (κ2) is 4.75. The fraction of sp³-hybridized carbons (Fsp3) is 0. The van der Waals surface area contributed by atoms with Gasteiger partial charge in [-0.15, -0.1) is 0 Å². The Labute approximate surface area is 91.4 Å². The second-order valence-corrected chi connectivity index (χ2v) is 2.87. The van der Waals surface area contributed by atoms with Crippen LogP contribution in [0.15, 0.2) is 47.5 Å². The third-order valence-corrected chi connectivity index (χ3v) is 1.82. The number of hydrogen-bond acceptors (Lipinski definition) is 4. The largest absolute Gasteiger partial charge is 0.454 e. The predicted octanol–water partition coefficient (Wildman–Crippen LogP) is 2.11. The molecular weight excluding hydrogens is 204 g/mol. The van der Waals surface area contributed by atoms with Crippen molar-refractivity contribution in [2.75, 3.05) is 0 Å².